The molecule has 1 aliphatic heterocycles. The number of nitrogens with one attached hydrogen (secondary N) is 1. The van der Waals surface area contributed by atoms with Crippen molar-refractivity contribution in [2.75, 3.05) is 10.6 Å². The van der Waals surface area contributed by atoms with Crippen LogP contribution in [0.25, 0.3) is 0 Å². The van der Waals surface area contributed by atoms with Crippen molar-refractivity contribution in [3.05, 3.63) is 29.3 Å². The molecular weight excluding hydrogens is 324 g/mol. The normalized spacial score (nSPS) is 18.3. The molecule has 134 valence electrons. The maximum absolute atomic E-state index is 12.4. The molecule has 0 saturated carbocycles. The Kier molecular flexibility index (Phi) is 5.91. The molecular formula is C18H28N2O3S. The Morgan fingerprint density at radius 1 is 1.38 bits per heavy atom. The van der Waals surface area contributed by atoms with E-state index < -0.39 is 10.0 Å². The number of sulfonamides is 1. The third kappa shape index (κ3) is 4.29. The second-order valence-corrected chi connectivity index (χ2v) is 8.69. The van der Waals surface area contributed by atoms with Crippen molar-refractivity contribution in [2.45, 2.75) is 65.0 Å². The Bertz CT molecular complexity index is 700. The van der Waals surface area contributed by atoms with Crippen molar-refractivity contribution in [3.63, 3.8) is 0 Å². The molecule has 1 N–H and O–H groups in total. The fraction of sp³-hybridized carbons (Fsp3) is 0.611. The largest absolute Gasteiger partial charge is 0.350 e. The number of anilines is 1. The van der Waals surface area contributed by atoms with Crippen molar-refractivity contribution >= 4 is 21.6 Å². The Morgan fingerprint density at radius 3 is 2.71 bits per heavy atom. The molecule has 0 radical (unpaired) electrons. The van der Waals surface area contributed by atoms with Crippen LogP contribution in [0.15, 0.2) is 18.2 Å². The van der Waals surface area contributed by atoms with Gasteiger partial charge in [-0.05, 0) is 50.5 Å². The lowest BCUT2D eigenvalue weighted by atomic mass is 10.1. The molecule has 1 aromatic rings. The predicted octanol–water partition coefficient (Wildman–Crippen LogP) is 3.10. The van der Waals surface area contributed by atoms with Crippen LogP contribution in [-0.4, -0.2) is 32.7 Å². The highest BCUT2D eigenvalue weighted by Crippen LogP contribution is 2.34. The molecule has 1 aliphatic rings. The van der Waals surface area contributed by atoms with Gasteiger partial charge in [0.2, 0.25) is 10.0 Å². The van der Waals surface area contributed by atoms with Gasteiger partial charge in [0.1, 0.15) is 0 Å². The van der Waals surface area contributed by atoms with Crippen LogP contribution in [0.3, 0.4) is 0 Å². The number of benzene rings is 1. The molecule has 0 aromatic heterocycles. The first-order valence-electron chi connectivity index (χ1n) is 8.67. The monoisotopic (exact) mass is 352 g/mol. The maximum Gasteiger partial charge on any atom is 0.251 e. The average molecular weight is 353 g/mol. The van der Waals surface area contributed by atoms with Crippen molar-refractivity contribution in [1.29, 1.82) is 0 Å². The SMILES string of the molecule is CCCCC[C@@H](C)NC(=O)c1ccc2c(c1)C[C@H](C)N2S(C)(=O)=O. The van der Waals surface area contributed by atoms with E-state index in [1.54, 1.807) is 12.1 Å². The molecule has 0 spiro atoms. The Hall–Kier alpha value is -1.56. The predicted molar refractivity (Wildman–Crippen MR) is 98.0 cm³/mol. The van der Waals surface area contributed by atoms with E-state index in [2.05, 4.69) is 12.2 Å². The first kappa shape index (κ1) is 18.8. The summed E-state index contributed by atoms with van der Waals surface area (Å²) < 4.78 is 25.3. The molecule has 1 aromatic carbocycles. The van der Waals surface area contributed by atoms with Crippen LogP contribution in [0.5, 0.6) is 0 Å². The lowest BCUT2D eigenvalue weighted by molar-refractivity contribution is 0.0938. The molecule has 2 atom stereocenters. The smallest absolute Gasteiger partial charge is 0.251 e. The second-order valence-electron chi connectivity index (χ2n) is 6.83. The first-order valence-corrected chi connectivity index (χ1v) is 10.5. The van der Waals surface area contributed by atoms with E-state index in [9.17, 15) is 13.2 Å². The standard InChI is InChI=1S/C18H28N2O3S/c1-5-6-7-8-13(2)19-18(21)15-9-10-17-16(12-15)11-14(3)20(17)24(4,22)23/h9-10,12-14H,5-8,11H2,1-4H3,(H,19,21)/t13-,14+/m1/s1. The number of amides is 1. The van der Waals surface area contributed by atoms with Gasteiger partial charge in [0.25, 0.3) is 5.91 Å². The van der Waals surface area contributed by atoms with Gasteiger partial charge in [-0.25, -0.2) is 8.42 Å². The van der Waals surface area contributed by atoms with Crippen molar-refractivity contribution in [2.24, 2.45) is 0 Å². The molecule has 0 saturated heterocycles. The van der Waals surface area contributed by atoms with Gasteiger partial charge in [-0.3, -0.25) is 9.10 Å². The molecule has 6 heteroatoms. The van der Waals surface area contributed by atoms with Crippen molar-refractivity contribution in [1.82, 2.24) is 5.32 Å². The number of rotatable bonds is 7. The van der Waals surface area contributed by atoms with Crippen LogP contribution in [-0.2, 0) is 16.4 Å². The minimum absolute atomic E-state index is 0.0905. The molecule has 0 fully saturated rings. The van der Waals surface area contributed by atoms with E-state index >= 15 is 0 Å². The van der Waals surface area contributed by atoms with E-state index in [0.717, 1.165) is 18.4 Å². The van der Waals surface area contributed by atoms with Crippen LogP contribution in [0, 0.1) is 0 Å². The van der Waals surface area contributed by atoms with E-state index in [1.165, 1.54) is 23.4 Å². The molecule has 5 nitrogen and oxygen atoms in total. The van der Waals surface area contributed by atoms with E-state index in [4.69, 9.17) is 0 Å². The van der Waals surface area contributed by atoms with Gasteiger partial charge >= 0.3 is 0 Å². The van der Waals surface area contributed by atoms with Gasteiger partial charge in [-0.15, -0.1) is 0 Å². The highest BCUT2D eigenvalue weighted by molar-refractivity contribution is 7.92. The van der Waals surface area contributed by atoms with Crippen LogP contribution in [0.2, 0.25) is 0 Å². The van der Waals surface area contributed by atoms with Crippen LogP contribution >= 0.6 is 0 Å². The quantitative estimate of drug-likeness (QED) is 0.767. The highest BCUT2D eigenvalue weighted by Gasteiger charge is 2.32. The molecule has 1 heterocycles. The summed E-state index contributed by atoms with van der Waals surface area (Å²) in [7, 11) is -3.30. The summed E-state index contributed by atoms with van der Waals surface area (Å²) >= 11 is 0. The minimum atomic E-state index is -3.30. The van der Waals surface area contributed by atoms with Crippen molar-refractivity contribution in [3.8, 4) is 0 Å². The van der Waals surface area contributed by atoms with Gasteiger partial charge < -0.3 is 5.32 Å². The van der Waals surface area contributed by atoms with E-state index in [-0.39, 0.29) is 18.0 Å². The third-order valence-electron chi connectivity index (χ3n) is 4.47. The zero-order valence-corrected chi connectivity index (χ0v) is 15.8. The summed E-state index contributed by atoms with van der Waals surface area (Å²) in [5.41, 5.74) is 2.20. The highest BCUT2D eigenvalue weighted by atomic mass is 32.2. The molecule has 24 heavy (non-hydrogen) atoms. The fourth-order valence-corrected chi connectivity index (χ4v) is 4.59. The van der Waals surface area contributed by atoms with Gasteiger partial charge in [-0.2, -0.15) is 0 Å². The van der Waals surface area contributed by atoms with Crippen LogP contribution in [0.1, 0.15) is 62.4 Å². The zero-order chi connectivity index (χ0) is 17.9. The average Bonchev–Trinajstić information content (AvgIpc) is 2.82. The minimum Gasteiger partial charge on any atom is -0.350 e. The summed E-state index contributed by atoms with van der Waals surface area (Å²) in [6.45, 7) is 6.07. The number of carbonyl (C=O) groups excluding carboxylic acids is 1. The molecule has 0 aliphatic carbocycles. The Labute approximate surface area is 145 Å². The Balaban J connectivity index is 2.10. The lowest BCUT2D eigenvalue weighted by Gasteiger charge is -2.22. The fourth-order valence-electron chi connectivity index (χ4n) is 3.33. The number of unbranched alkanes of at least 4 members (excludes halogenated alkanes) is 2. The van der Waals surface area contributed by atoms with Gasteiger partial charge in [-0.1, -0.05) is 26.2 Å². The summed E-state index contributed by atoms with van der Waals surface area (Å²) in [5, 5.41) is 3.03. The number of hydrogen-bond acceptors (Lipinski definition) is 3. The zero-order valence-electron chi connectivity index (χ0n) is 15.0. The molecule has 1 amide bonds. The lowest BCUT2D eigenvalue weighted by Crippen LogP contribution is -2.34. The third-order valence-corrected chi connectivity index (χ3v) is 5.74. The second kappa shape index (κ2) is 7.55. The number of fused-ring (bicyclic) bond motifs is 1. The van der Waals surface area contributed by atoms with Crippen LogP contribution < -0.4 is 9.62 Å². The number of carbonyl (C=O) groups is 1. The summed E-state index contributed by atoms with van der Waals surface area (Å²) in [5.74, 6) is -0.0905. The van der Waals surface area contributed by atoms with Gasteiger partial charge in [0.15, 0.2) is 0 Å². The van der Waals surface area contributed by atoms with Crippen molar-refractivity contribution < 1.29 is 13.2 Å². The number of hydrogen-bond donors (Lipinski definition) is 1. The molecule has 0 bridgehead atoms. The maximum atomic E-state index is 12.4. The molecule has 2 rings (SSSR count). The molecule has 0 unspecified atom stereocenters. The first-order chi connectivity index (χ1) is 11.2. The summed E-state index contributed by atoms with van der Waals surface area (Å²) in [4.78, 5) is 12.4. The summed E-state index contributed by atoms with van der Waals surface area (Å²) in [6.07, 6.45) is 6.29. The van der Waals surface area contributed by atoms with Gasteiger partial charge in [0.05, 0.1) is 11.9 Å². The van der Waals surface area contributed by atoms with Crippen LogP contribution in [0.4, 0.5) is 5.69 Å². The number of nitrogens with zero attached hydrogens (tertiary/aromatic N) is 1. The van der Waals surface area contributed by atoms with E-state index in [0.29, 0.717) is 17.7 Å². The Morgan fingerprint density at radius 2 is 2.08 bits per heavy atom. The van der Waals surface area contributed by atoms with E-state index in [1.807, 2.05) is 19.9 Å². The topological polar surface area (TPSA) is 66.5 Å². The van der Waals surface area contributed by atoms with Gasteiger partial charge in [0, 0.05) is 17.6 Å². The summed E-state index contributed by atoms with van der Waals surface area (Å²) in [6, 6.07) is 5.31.